The number of allylic oxidation sites excluding steroid dienone is 9. The van der Waals surface area contributed by atoms with Crippen molar-refractivity contribution in [1.82, 2.24) is 5.32 Å². The van der Waals surface area contributed by atoms with Crippen molar-refractivity contribution in [2.75, 3.05) is 26.4 Å². The van der Waals surface area contributed by atoms with Gasteiger partial charge in [0.1, 0.15) is 73.2 Å². The molecule has 0 aromatic heterocycles. The van der Waals surface area contributed by atoms with Gasteiger partial charge in [-0.2, -0.15) is 0 Å². The quantitative estimate of drug-likeness (QED) is 0.0199. The van der Waals surface area contributed by atoms with Gasteiger partial charge in [0.25, 0.3) is 0 Å². The first kappa shape index (κ1) is 110. The molecule has 3 aliphatic heterocycles. The Morgan fingerprint density at radius 2 is 0.568 bits per heavy atom. The number of carbonyl (C=O) groups excluding carboxylic acids is 1. The van der Waals surface area contributed by atoms with Gasteiger partial charge in [-0.15, -0.1) is 0 Å². The van der Waals surface area contributed by atoms with Crippen LogP contribution in [0.4, 0.5) is 0 Å². The molecule has 0 aromatic rings. The summed E-state index contributed by atoms with van der Waals surface area (Å²) in [5, 5.41) is 121. The van der Waals surface area contributed by atoms with Crippen LogP contribution in [0.1, 0.15) is 431 Å². The summed E-state index contributed by atoms with van der Waals surface area (Å²) in [6, 6.07) is -0.993. The molecule has 692 valence electrons. The maximum atomic E-state index is 13.5. The Hall–Kier alpha value is -2.51. The molecule has 17 atom stereocenters. The number of carbonyl (C=O) groups is 1. The molecule has 0 aromatic carbocycles. The average Bonchev–Trinajstić information content (AvgIpc) is 0.777. The number of rotatable bonds is 82. The van der Waals surface area contributed by atoms with Crippen LogP contribution in [0.3, 0.4) is 0 Å². The first-order valence-electron chi connectivity index (χ1n) is 49.5. The highest BCUT2D eigenvalue weighted by Crippen LogP contribution is 2.34. The summed E-state index contributed by atoms with van der Waals surface area (Å²) >= 11 is 0. The highest BCUT2D eigenvalue weighted by molar-refractivity contribution is 5.76. The van der Waals surface area contributed by atoms with Gasteiger partial charge >= 0.3 is 0 Å². The molecule has 3 fully saturated rings. The lowest BCUT2D eigenvalue weighted by Gasteiger charge is -2.48. The van der Waals surface area contributed by atoms with Crippen LogP contribution < -0.4 is 5.32 Å². The van der Waals surface area contributed by atoms with E-state index >= 15 is 0 Å². The zero-order chi connectivity index (χ0) is 85.2. The summed E-state index contributed by atoms with van der Waals surface area (Å²) in [5.74, 6) is -0.277. The van der Waals surface area contributed by atoms with Gasteiger partial charge < -0.3 is 89.9 Å². The Kier molecular flexibility index (Phi) is 72.5. The number of hydrogen-bond donors (Lipinski definition) is 12. The fraction of sp³-hybridized carbons (Fsp3) is 0.889. The lowest BCUT2D eigenvalue weighted by molar-refractivity contribution is -0.379. The molecule has 0 radical (unpaired) electrons. The van der Waals surface area contributed by atoms with Crippen LogP contribution in [0.15, 0.2) is 60.8 Å². The minimum atomic E-state index is -1.98. The van der Waals surface area contributed by atoms with E-state index in [2.05, 4.69) is 67.8 Å². The first-order valence-corrected chi connectivity index (χ1v) is 49.5. The smallest absolute Gasteiger partial charge is 0.220 e. The van der Waals surface area contributed by atoms with E-state index in [4.69, 9.17) is 28.4 Å². The Balaban J connectivity index is 1.29. The van der Waals surface area contributed by atoms with Crippen molar-refractivity contribution in [1.29, 1.82) is 0 Å². The molecule has 1 amide bonds. The molecule has 0 saturated carbocycles. The Bertz CT molecular complexity index is 2360. The maximum Gasteiger partial charge on any atom is 0.220 e. The number of aliphatic hydroxyl groups is 11. The zero-order valence-electron chi connectivity index (χ0n) is 75.2. The Morgan fingerprint density at radius 1 is 0.305 bits per heavy atom. The van der Waals surface area contributed by atoms with Gasteiger partial charge in [0.05, 0.1) is 38.6 Å². The van der Waals surface area contributed by atoms with Crippen molar-refractivity contribution in [2.24, 2.45) is 0 Å². The normalized spacial score (nSPS) is 24.5. The fourth-order valence-corrected chi connectivity index (χ4v) is 16.7. The molecule has 3 aliphatic rings. The predicted octanol–water partition coefficient (Wildman–Crippen LogP) is 20.5. The highest BCUT2D eigenvalue weighted by atomic mass is 16.8. The van der Waals surface area contributed by atoms with Gasteiger partial charge in [0.2, 0.25) is 5.91 Å². The second-order valence-corrected chi connectivity index (χ2v) is 35.2. The molecule has 3 saturated heterocycles. The van der Waals surface area contributed by atoms with Gasteiger partial charge in [-0.1, -0.05) is 415 Å². The summed E-state index contributed by atoms with van der Waals surface area (Å²) in [6.45, 7) is 1.78. The van der Waals surface area contributed by atoms with E-state index in [1.807, 2.05) is 6.08 Å². The topological polar surface area (TPSA) is 307 Å². The van der Waals surface area contributed by atoms with Crippen LogP contribution in [0.2, 0.25) is 0 Å². The van der Waals surface area contributed by atoms with Crippen molar-refractivity contribution in [3.63, 3.8) is 0 Å². The second kappa shape index (κ2) is 78.0. The van der Waals surface area contributed by atoms with E-state index in [1.165, 1.54) is 347 Å². The average molecular weight is 1680 g/mol. The van der Waals surface area contributed by atoms with Crippen LogP contribution in [-0.4, -0.2) is 193 Å². The number of nitrogens with one attached hydrogen (secondary N) is 1. The lowest BCUT2D eigenvalue weighted by Crippen LogP contribution is -2.66. The van der Waals surface area contributed by atoms with Crippen LogP contribution in [0.5, 0.6) is 0 Å². The molecular formula is C99H183NO18. The van der Waals surface area contributed by atoms with E-state index in [1.54, 1.807) is 6.08 Å². The minimum absolute atomic E-state index is 0.239. The number of aliphatic hydroxyl groups excluding tert-OH is 11. The number of hydrogen-bond acceptors (Lipinski definition) is 18. The third-order valence-electron chi connectivity index (χ3n) is 24.5. The van der Waals surface area contributed by atoms with Crippen LogP contribution in [-0.2, 0) is 33.2 Å². The van der Waals surface area contributed by atoms with Crippen molar-refractivity contribution in [3.05, 3.63) is 60.8 Å². The molecule has 3 rings (SSSR count). The lowest BCUT2D eigenvalue weighted by atomic mass is 9.96. The molecule has 17 unspecified atom stereocenters. The molecule has 19 heteroatoms. The van der Waals surface area contributed by atoms with Gasteiger partial charge in [-0.3, -0.25) is 4.79 Å². The van der Waals surface area contributed by atoms with Gasteiger partial charge in [0, 0.05) is 6.42 Å². The summed E-state index contributed by atoms with van der Waals surface area (Å²) in [4.78, 5) is 13.5. The Labute approximate surface area is 719 Å². The summed E-state index contributed by atoms with van der Waals surface area (Å²) in [5.41, 5.74) is 0. The summed E-state index contributed by atoms with van der Waals surface area (Å²) in [6.07, 6.45) is 78.4. The first-order chi connectivity index (χ1) is 57.8. The van der Waals surface area contributed by atoms with Gasteiger partial charge in [0.15, 0.2) is 18.9 Å². The van der Waals surface area contributed by atoms with Crippen molar-refractivity contribution in [2.45, 2.75) is 535 Å². The molecule has 3 heterocycles. The molecule has 118 heavy (non-hydrogen) atoms. The molecule has 12 N–H and O–H groups in total. The summed E-state index contributed by atoms with van der Waals surface area (Å²) < 4.78 is 34.6. The summed E-state index contributed by atoms with van der Waals surface area (Å²) in [7, 11) is 0. The molecular weight excluding hydrogens is 1490 g/mol. The Morgan fingerprint density at radius 3 is 0.907 bits per heavy atom. The minimum Gasteiger partial charge on any atom is -0.394 e. The highest BCUT2D eigenvalue weighted by Gasteiger charge is 2.54. The SMILES string of the molecule is CCCCCCC/C=C\C/C=C\C/C=C\CCCCCCCCCCCCCCCCCCCCCCCCCCCCC(=O)NC(COC1OC(CO)C(OC2OC(CO)C(OC3OC(CO)C(O)C(O)C3O)C(O)C2O)C(O)C1O)C(O)/C=C/CC/C=C/CCCCCCCCCCCCCCCCCCCCCCCCCCCC. The molecule has 19 nitrogen and oxygen atoms in total. The molecule has 0 aliphatic carbocycles. The number of ether oxygens (including phenoxy) is 6. The zero-order valence-corrected chi connectivity index (χ0v) is 75.2. The van der Waals surface area contributed by atoms with Crippen LogP contribution >= 0.6 is 0 Å². The number of unbranched alkanes of at least 4 members (excludes halogenated alkanes) is 58. The molecule has 0 spiro atoms. The van der Waals surface area contributed by atoms with E-state index in [-0.39, 0.29) is 18.9 Å². The third kappa shape index (κ3) is 55.1. The monoisotopic (exact) mass is 1670 g/mol. The molecule has 0 bridgehead atoms. The van der Waals surface area contributed by atoms with E-state index in [0.717, 1.165) is 51.4 Å². The van der Waals surface area contributed by atoms with E-state index in [0.29, 0.717) is 12.8 Å². The standard InChI is InChI=1S/C99H183NO18/c1-3-5-7-9-11-13-15-17-19-21-23-25-27-29-31-33-35-37-38-39-40-41-42-43-44-45-47-49-51-53-55-57-59-61-63-65-67-69-71-73-75-77-87(105)100-82(83(104)76-74-72-70-68-66-64-62-60-58-56-54-52-50-48-46-36-34-32-30-28-26-24-22-20-18-16-14-12-10-8-6-4-2)81-113-97-93(111)90(108)95(85(79-102)115-97)118-99-94(112)91(109)96(86(80-103)116-99)117-98-92(110)89(107)88(106)84(78-101)114-98/h15,17,21,23,27,29,66,68,74,76,82-86,88-99,101-104,106-112H,3-14,16,18-20,22,24-26,28,30-65,67,69-73,75,77-81H2,1-2H3,(H,100,105)/b17-15-,23-21-,29-27-,68-66+,76-74+. The van der Waals surface area contributed by atoms with E-state index < -0.39 is 124 Å². The maximum absolute atomic E-state index is 13.5. The van der Waals surface area contributed by atoms with E-state index in [9.17, 15) is 61.0 Å². The second-order valence-electron chi connectivity index (χ2n) is 35.2. The van der Waals surface area contributed by atoms with Gasteiger partial charge in [-0.05, 0) is 70.6 Å². The fourth-order valence-electron chi connectivity index (χ4n) is 16.7. The predicted molar refractivity (Wildman–Crippen MR) is 480 cm³/mol. The van der Waals surface area contributed by atoms with Crippen LogP contribution in [0.25, 0.3) is 0 Å². The van der Waals surface area contributed by atoms with Crippen molar-refractivity contribution in [3.8, 4) is 0 Å². The van der Waals surface area contributed by atoms with Crippen molar-refractivity contribution < 1.29 is 89.4 Å². The van der Waals surface area contributed by atoms with Crippen LogP contribution in [0, 0.1) is 0 Å². The van der Waals surface area contributed by atoms with Gasteiger partial charge in [-0.25, -0.2) is 0 Å². The number of amides is 1. The largest absolute Gasteiger partial charge is 0.394 e. The van der Waals surface area contributed by atoms with Crippen molar-refractivity contribution >= 4 is 5.91 Å². The third-order valence-corrected chi connectivity index (χ3v) is 24.5.